The van der Waals surface area contributed by atoms with Crippen molar-refractivity contribution in [2.45, 2.75) is 118 Å². The fraction of sp³-hybridized carbons (Fsp3) is 0.931. The third kappa shape index (κ3) is 3.95. The van der Waals surface area contributed by atoms with Gasteiger partial charge in [-0.2, -0.15) is 0 Å². The van der Waals surface area contributed by atoms with Crippen LogP contribution < -0.4 is 5.32 Å². The molecular weight excluding hydrogens is 362 g/mol. The minimum atomic E-state index is 0.511. The minimum Gasteiger partial charge on any atom is -0.314 e. The van der Waals surface area contributed by atoms with E-state index in [4.69, 9.17) is 0 Å². The first-order valence-electron chi connectivity index (χ1n) is 13.7. The number of allylic oxidation sites excluding steroid dienone is 1. The van der Waals surface area contributed by atoms with Gasteiger partial charge in [0.05, 0.1) is 0 Å². The molecule has 0 spiro atoms. The van der Waals surface area contributed by atoms with Gasteiger partial charge >= 0.3 is 0 Å². The Labute approximate surface area is 188 Å². The average molecular weight is 414 g/mol. The lowest BCUT2D eigenvalue weighted by Gasteiger charge is -2.58. The summed E-state index contributed by atoms with van der Waals surface area (Å²) >= 11 is 0. The summed E-state index contributed by atoms with van der Waals surface area (Å²) in [6, 6.07) is 0.738. The zero-order chi connectivity index (χ0) is 21.5. The molecule has 1 nitrogen and oxygen atoms in total. The summed E-state index contributed by atoms with van der Waals surface area (Å²) in [4.78, 5) is 0. The van der Waals surface area contributed by atoms with Crippen molar-refractivity contribution in [3.8, 4) is 0 Å². The molecule has 4 aliphatic carbocycles. The van der Waals surface area contributed by atoms with E-state index in [1.54, 1.807) is 0 Å². The van der Waals surface area contributed by atoms with Crippen molar-refractivity contribution in [3.63, 3.8) is 0 Å². The first kappa shape index (κ1) is 22.9. The fourth-order valence-corrected chi connectivity index (χ4v) is 9.15. The molecule has 0 amide bonds. The molecule has 8 atom stereocenters. The Bertz CT molecular complexity index is 620. The quantitative estimate of drug-likeness (QED) is 0.417. The number of rotatable bonds is 7. The topological polar surface area (TPSA) is 12.0 Å². The van der Waals surface area contributed by atoms with Crippen molar-refractivity contribution >= 4 is 0 Å². The smallest absolute Gasteiger partial charge is 0.0105 e. The fourth-order valence-electron chi connectivity index (χ4n) is 9.15. The Hall–Kier alpha value is -0.300. The second-order valence-corrected chi connectivity index (χ2v) is 12.8. The minimum absolute atomic E-state index is 0.511. The van der Waals surface area contributed by atoms with Gasteiger partial charge < -0.3 is 5.32 Å². The van der Waals surface area contributed by atoms with Crippen LogP contribution in [0.25, 0.3) is 0 Å². The summed E-state index contributed by atoms with van der Waals surface area (Å²) in [6.07, 6.45) is 18.7. The summed E-state index contributed by atoms with van der Waals surface area (Å²) in [5.74, 6) is 5.71. The number of hydrogen-bond acceptors (Lipinski definition) is 1. The third-order valence-corrected chi connectivity index (χ3v) is 10.8. The van der Waals surface area contributed by atoms with Gasteiger partial charge in [-0.3, -0.25) is 0 Å². The van der Waals surface area contributed by atoms with Crippen LogP contribution in [0.15, 0.2) is 11.6 Å². The highest BCUT2D eigenvalue weighted by atomic mass is 14.9. The standard InChI is InChI=1S/C29H51N/c1-7-30-23-15-17-28(5)22(19-23)11-12-24-26-14-13-25(21(4)10-8-9-20(2)3)29(26,6)18-16-27(24)28/h11,20-21,23-27,30H,7-10,12-19H2,1-6H3/t21-,23+,24-,25?,26+,27?,28?,29?/m1/s1. The average Bonchev–Trinajstić information content (AvgIpc) is 3.05. The monoisotopic (exact) mass is 413 g/mol. The maximum absolute atomic E-state index is 3.75. The Balaban J connectivity index is 1.47. The molecule has 0 heterocycles. The Morgan fingerprint density at radius 2 is 1.80 bits per heavy atom. The maximum Gasteiger partial charge on any atom is 0.0105 e. The summed E-state index contributed by atoms with van der Waals surface area (Å²) in [6.45, 7) is 16.2. The van der Waals surface area contributed by atoms with E-state index in [-0.39, 0.29) is 0 Å². The molecule has 4 unspecified atom stereocenters. The van der Waals surface area contributed by atoms with Gasteiger partial charge in [0.1, 0.15) is 0 Å². The molecule has 1 N–H and O–H groups in total. The number of hydrogen-bond donors (Lipinski definition) is 1. The van der Waals surface area contributed by atoms with Gasteiger partial charge in [-0.15, -0.1) is 0 Å². The lowest BCUT2D eigenvalue weighted by Crippen LogP contribution is -2.51. The predicted molar refractivity (Wildman–Crippen MR) is 131 cm³/mol. The van der Waals surface area contributed by atoms with Crippen molar-refractivity contribution in [2.24, 2.45) is 46.3 Å². The van der Waals surface area contributed by atoms with Gasteiger partial charge in [0.2, 0.25) is 0 Å². The zero-order valence-corrected chi connectivity index (χ0v) is 21.1. The van der Waals surface area contributed by atoms with Crippen LogP contribution in [0, 0.1) is 46.3 Å². The van der Waals surface area contributed by atoms with Gasteiger partial charge in [-0.1, -0.05) is 72.5 Å². The molecule has 1 heteroatoms. The molecule has 3 fully saturated rings. The van der Waals surface area contributed by atoms with Gasteiger partial charge in [0, 0.05) is 6.04 Å². The van der Waals surface area contributed by atoms with Crippen LogP contribution >= 0.6 is 0 Å². The van der Waals surface area contributed by atoms with E-state index in [1.165, 1.54) is 70.6 Å². The molecular formula is C29H51N. The van der Waals surface area contributed by atoms with Gasteiger partial charge in [0.25, 0.3) is 0 Å². The highest BCUT2D eigenvalue weighted by Gasteiger charge is 2.59. The van der Waals surface area contributed by atoms with E-state index in [1.807, 2.05) is 5.57 Å². The first-order valence-corrected chi connectivity index (χ1v) is 13.7. The Kier molecular flexibility index (Phi) is 6.80. The lowest BCUT2D eigenvalue weighted by molar-refractivity contribution is -0.0514. The summed E-state index contributed by atoms with van der Waals surface area (Å²) in [5.41, 5.74) is 2.97. The molecule has 0 radical (unpaired) electrons. The highest BCUT2D eigenvalue weighted by Crippen LogP contribution is 2.67. The van der Waals surface area contributed by atoms with Crippen LogP contribution in [-0.2, 0) is 0 Å². The second kappa shape index (κ2) is 8.92. The molecule has 3 saturated carbocycles. The van der Waals surface area contributed by atoms with Gasteiger partial charge in [0.15, 0.2) is 0 Å². The third-order valence-electron chi connectivity index (χ3n) is 10.8. The van der Waals surface area contributed by atoms with E-state index < -0.39 is 0 Å². The lowest BCUT2D eigenvalue weighted by atomic mass is 9.47. The van der Waals surface area contributed by atoms with Crippen LogP contribution in [0.1, 0.15) is 112 Å². The molecule has 0 aliphatic heterocycles. The van der Waals surface area contributed by atoms with Gasteiger partial charge in [-0.25, -0.2) is 0 Å². The van der Waals surface area contributed by atoms with E-state index in [9.17, 15) is 0 Å². The molecule has 30 heavy (non-hydrogen) atoms. The van der Waals surface area contributed by atoms with E-state index in [0.29, 0.717) is 10.8 Å². The molecule has 0 aromatic rings. The number of nitrogens with one attached hydrogen (secondary N) is 1. The Morgan fingerprint density at radius 1 is 1.00 bits per heavy atom. The molecule has 4 rings (SSSR count). The van der Waals surface area contributed by atoms with E-state index in [0.717, 1.165) is 48.1 Å². The highest BCUT2D eigenvalue weighted by molar-refractivity contribution is 5.26. The van der Waals surface area contributed by atoms with Gasteiger partial charge in [-0.05, 0) is 104 Å². The van der Waals surface area contributed by atoms with Crippen molar-refractivity contribution in [1.29, 1.82) is 0 Å². The summed E-state index contributed by atoms with van der Waals surface area (Å²) in [7, 11) is 0. The molecule has 4 aliphatic rings. The van der Waals surface area contributed by atoms with Crippen LogP contribution in [0.2, 0.25) is 0 Å². The van der Waals surface area contributed by atoms with Crippen molar-refractivity contribution in [3.05, 3.63) is 11.6 Å². The number of fused-ring (bicyclic) bond motifs is 5. The molecule has 0 aromatic heterocycles. The van der Waals surface area contributed by atoms with Crippen LogP contribution in [0.5, 0.6) is 0 Å². The summed E-state index contributed by atoms with van der Waals surface area (Å²) in [5, 5.41) is 3.75. The molecule has 172 valence electrons. The maximum atomic E-state index is 3.75. The van der Waals surface area contributed by atoms with Crippen LogP contribution in [0.4, 0.5) is 0 Å². The Morgan fingerprint density at radius 3 is 2.53 bits per heavy atom. The largest absolute Gasteiger partial charge is 0.314 e. The van der Waals surface area contributed by atoms with E-state index >= 15 is 0 Å². The molecule has 0 bridgehead atoms. The van der Waals surface area contributed by atoms with Crippen molar-refractivity contribution < 1.29 is 0 Å². The zero-order valence-electron chi connectivity index (χ0n) is 21.1. The molecule has 0 aromatic carbocycles. The summed E-state index contributed by atoms with van der Waals surface area (Å²) < 4.78 is 0. The van der Waals surface area contributed by atoms with Crippen molar-refractivity contribution in [2.75, 3.05) is 6.54 Å². The second-order valence-electron chi connectivity index (χ2n) is 12.8. The van der Waals surface area contributed by atoms with Crippen LogP contribution in [-0.4, -0.2) is 12.6 Å². The van der Waals surface area contributed by atoms with E-state index in [2.05, 4.69) is 52.9 Å². The predicted octanol–water partition coefficient (Wildman–Crippen LogP) is 8.01. The normalized spacial score (nSPS) is 44.2. The van der Waals surface area contributed by atoms with Crippen LogP contribution in [0.3, 0.4) is 0 Å². The van der Waals surface area contributed by atoms with Crippen molar-refractivity contribution in [1.82, 2.24) is 5.32 Å². The molecule has 0 saturated heterocycles. The SMILES string of the molecule is CCN[C@H]1CCC2(C)C(=CC[C@H]3C2CCC2(C)C([C@H](C)CCCC(C)C)CC[C@@H]32)C1. The first-order chi connectivity index (χ1) is 14.3.